The molecule has 2 aromatic heterocycles. The number of likely N-dealkylation sites (N-methyl/N-ethyl adjacent to an activating group) is 1. The van der Waals surface area contributed by atoms with Crippen molar-refractivity contribution >= 4 is 23.4 Å². The third kappa shape index (κ3) is 5.89. The first-order valence-electron chi connectivity index (χ1n) is 9.72. The van der Waals surface area contributed by atoms with Gasteiger partial charge in [0.15, 0.2) is 0 Å². The van der Waals surface area contributed by atoms with Crippen LogP contribution >= 0.6 is 0 Å². The fourth-order valence-electron chi connectivity index (χ4n) is 2.82. The van der Waals surface area contributed by atoms with Crippen molar-refractivity contribution in [1.29, 1.82) is 0 Å². The molecule has 0 radical (unpaired) electrons. The highest BCUT2D eigenvalue weighted by Crippen LogP contribution is 2.27. The summed E-state index contributed by atoms with van der Waals surface area (Å²) in [5, 5.41) is 6.50. The normalized spacial score (nSPS) is 10.6. The van der Waals surface area contributed by atoms with Gasteiger partial charge in [-0.25, -0.2) is 9.78 Å². The Bertz CT molecular complexity index is 1030. The molecule has 0 aliphatic carbocycles. The lowest BCUT2D eigenvalue weighted by molar-refractivity contribution is 0.0597. The van der Waals surface area contributed by atoms with Gasteiger partial charge in [0, 0.05) is 37.1 Å². The van der Waals surface area contributed by atoms with Gasteiger partial charge in [0.1, 0.15) is 17.1 Å². The largest absolute Gasteiger partial charge is 0.496 e. The molecule has 0 saturated carbocycles. The molecule has 0 saturated heterocycles. The lowest BCUT2D eigenvalue weighted by atomic mass is 10.1. The van der Waals surface area contributed by atoms with Gasteiger partial charge in [-0.3, -0.25) is 4.98 Å². The van der Waals surface area contributed by atoms with Crippen molar-refractivity contribution in [3.63, 3.8) is 0 Å². The Morgan fingerprint density at radius 1 is 1.06 bits per heavy atom. The summed E-state index contributed by atoms with van der Waals surface area (Å²) in [5.74, 6) is 1.01. The molecule has 0 fully saturated rings. The van der Waals surface area contributed by atoms with Gasteiger partial charge in [-0.15, -0.1) is 0 Å². The van der Waals surface area contributed by atoms with Crippen LogP contribution in [0.15, 0.2) is 48.7 Å². The second-order valence-corrected chi connectivity index (χ2v) is 6.94. The molecular weight excluding hydrogens is 396 g/mol. The minimum atomic E-state index is -0.463. The van der Waals surface area contributed by atoms with Gasteiger partial charge < -0.3 is 25.0 Å². The van der Waals surface area contributed by atoms with E-state index in [-0.39, 0.29) is 0 Å². The molecule has 9 nitrogen and oxygen atoms in total. The first kappa shape index (κ1) is 22.0. The van der Waals surface area contributed by atoms with Crippen LogP contribution in [0.25, 0.3) is 11.4 Å². The predicted molar refractivity (Wildman–Crippen MR) is 120 cm³/mol. The molecule has 0 spiro atoms. The number of rotatable bonds is 9. The molecule has 0 unspecified atom stereocenters. The number of hydrogen-bond acceptors (Lipinski definition) is 9. The minimum absolute atomic E-state index is 0.346. The average molecular weight is 422 g/mol. The summed E-state index contributed by atoms with van der Waals surface area (Å²) in [6.45, 7) is 1.53. The number of benzene rings is 1. The Balaban J connectivity index is 1.91. The summed E-state index contributed by atoms with van der Waals surface area (Å²) in [6, 6.07) is 12.6. The summed E-state index contributed by atoms with van der Waals surface area (Å²) in [4.78, 5) is 27.5. The molecular formula is C22H26N6O3. The van der Waals surface area contributed by atoms with E-state index in [1.165, 1.54) is 14.2 Å². The van der Waals surface area contributed by atoms with E-state index in [1.807, 2.05) is 38.4 Å². The van der Waals surface area contributed by atoms with Crippen molar-refractivity contribution in [2.24, 2.45) is 0 Å². The van der Waals surface area contributed by atoms with Crippen LogP contribution in [0.3, 0.4) is 0 Å². The van der Waals surface area contributed by atoms with Crippen molar-refractivity contribution in [1.82, 2.24) is 19.9 Å². The first-order chi connectivity index (χ1) is 15.0. The maximum atomic E-state index is 11.9. The summed E-state index contributed by atoms with van der Waals surface area (Å²) in [6.07, 6.45) is 1.72. The van der Waals surface area contributed by atoms with E-state index in [9.17, 15) is 4.79 Å². The number of aromatic nitrogens is 3. The highest BCUT2D eigenvalue weighted by Gasteiger charge is 2.14. The number of nitrogens with zero attached hydrogens (tertiary/aromatic N) is 4. The molecule has 9 heteroatoms. The molecule has 162 valence electrons. The van der Waals surface area contributed by atoms with Crippen LogP contribution in [-0.4, -0.2) is 67.2 Å². The molecule has 3 rings (SSSR count). The number of pyridine rings is 1. The molecule has 1 aromatic carbocycles. The molecule has 3 aromatic rings. The number of anilines is 3. The Morgan fingerprint density at radius 3 is 2.58 bits per heavy atom. The van der Waals surface area contributed by atoms with E-state index in [2.05, 4.69) is 30.5 Å². The van der Waals surface area contributed by atoms with Crippen LogP contribution in [-0.2, 0) is 4.74 Å². The molecule has 2 heterocycles. The zero-order valence-corrected chi connectivity index (χ0v) is 18.0. The lowest BCUT2D eigenvalue weighted by Gasteiger charge is -2.14. The molecule has 0 atom stereocenters. The van der Waals surface area contributed by atoms with Crippen LogP contribution in [0, 0.1) is 0 Å². The van der Waals surface area contributed by atoms with Gasteiger partial charge in [0.05, 0.1) is 25.6 Å². The van der Waals surface area contributed by atoms with Crippen LogP contribution in [0.2, 0.25) is 0 Å². The summed E-state index contributed by atoms with van der Waals surface area (Å²) in [7, 11) is 6.84. The predicted octanol–water partition coefficient (Wildman–Crippen LogP) is 3.05. The van der Waals surface area contributed by atoms with Gasteiger partial charge in [-0.2, -0.15) is 4.98 Å². The first-order valence-corrected chi connectivity index (χ1v) is 9.72. The maximum Gasteiger partial charge on any atom is 0.341 e. The highest BCUT2D eigenvalue weighted by atomic mass is 16.5. The fourth-order valence-corrected chi connectivity index (χ4v) is 2.82. The van der Waals surface area contributed by atoms with E-state index in [1.54, 1.807) is 24.4 Å². The topological polar surface area (TPSA) is 102 Å². The van der Waals surface area contributed by atoms with Gasteiger partial charge in [0.2, 0.25) is 5.95 Å². The quantitative estimate of drug-likeness (QED) is 0.504. The summed E-state index contributed by atoms with van der Waals surface area (Å²) < 4.78 is 10.1. The number of nitrogens with one attached hydrogen (secondary N) is 2. The van der Waals surface area contributed by atoms with Gasteiger partial charge in [-0.05, 0) is 38.4 Å². The third-order valence-corrected chi connectivity index (χ3v) is 4.37. The molecule has 0 aliphatic rings. The molecule has 0 bridgehead atoms. The minimum Gasteiger partial charge on any atom is -0.496 e. The SMILES string of the molecule is COC(=O)c1ccc(Nc2cc(-c3ccccn3)nc(NCCN(C)C)n2)cc1OC. The standard InChI is InChI=1S/C22H26N6O3/c1-28(2)12-11-24-22-26-18(17-7-5-6-10-23-17)14-20(27-22)25-15-8-9-16(21(29)31-4)19(13-15)30-3/h5-10,13-14H,11-12H2,1-4H3,(H2,24,25,26,27). The monoisotopic (exact) mass is 422 g/mol. The number of carbonyl (C=O) groups is 1. The van der Waals surface area contributed by atoms with Crippen molar-refractivity contribution in [2.75, 3.05) is 52.0 Å². The van der Waals surface area contributed by atoms with Crippen molar-refractivity contribution in [3.05, 3.63) is 54.2 Å². The van der Waals surface area contributed by atoms with Gasteiger partial charge in [-0.1, -0.05) is 6.07 Å². The van der Waals surface area contributed by atoms with Crippen LogP contribution in [0.1, 0.15) is 10.4 Å². The second kappa shape index (κ2) is 10.4. The Kier molecular flexibility index (Phi) is 7.34. The van der Waals surface area contributed by atoms with E-state index >= 15 is 0 Å². The van der Waals surface area contributed by atoms with Crippen LogP contribution in [0.5, 0.6) is 5.75 Å². The van der Waals surface area contributed by atoms with Crippen LogP contribution < -0.4 is 15.4 Å². The van der Waals surface area contributed by atoms with E-state index < -0.39 is 5.97 Å². The average Bonchev–Trinajstić information content (AvgIpc) is 2.78. The number of esters is 1. The highest BCUT2D eigenvalue weighted by molar-refractivity contribution is 5.93. The van der Waals surface area contributed by atoms with Gasteiger partial charge >= 0.3 is 5.97 Å². The Hall–Kier alpha value is -3.72. The van der Waals surface area contributed by atoms with Crippen molar-refractivity contribution in [3.8, 4) is 17.1 Å². The smallest absolute Gasteiger partial charge is 0.341 e. The zero-order valence-electron chi connectivity index (χ0n) is 18.0. The second-order valence-electron chi connectivity index (χ2n) is 6.94. The Morgan fingerprint density at radius 2 is 1.90 bits per heavy atom. The number of carbonyl (C=O) groups excluding carboxylic acids is 1. The fraction of sp³-hybridized carbons (Fsp3) is 0.273. The maximum absolute atomic E-state index is 11.9. The van der Waals surface area contributed by atoms with E-state index in [0.717, 1.165) is 12.2 Å². The number of hydrogen-bond donors (Lipinski definition) is 2. The Labute approximate surface area is 181 Å². The number of ether oxygens (including phenoxy) is 2. The lowest BCUT2D eigenvalue weighted by Crippen LogP contribution is -2.21. The zero-order chi connectivity index (χ0) is 22.2. The third-order valence-electron chi connectivity index (χ3n) is 4.37. The molecule has 0 aliphatic heterocycles. The molecule has 31 heavy (non-hydrogen) atoms. The number of methoxy groups -OCH3 is 2. The molecule has 0 amide bonds. The summed E-state index contributed by atoms with van der Waals surface area (Å²) in [5.41, 5.74) is 2.47. The summed E-state index contributed by atoms with van der Waals surface area (Å²) >= 11 is 0. The van der Waals surface area contributed by atoms with E-state index in [4.69, 9.17) is 9.47 Å². The van der Waals surface area contributed by atoms with Crippen molar-refractivity contribution < 1.29 is 14.3 Å². The van der Waals surface area contributed by atoms with Gasteiger partial charge in [0.25, 0.3) is 0 Å². The van der Waals surface area contributed by atoms with Crippen molar-refractivity contribution in [2.45, 2.75) is 0 Å². The molecule has 2 N–H and O–H groups in total. The van der Waals surface area contributed by atoms with Crippen LogP contribution in [0.4, 0.5) is 17.5 Å². The van der Waals surface area contributed by atoms with E-state index in [0.29, 0.717) is 41.0 Å².